The summed E-state index contributed by atoms with van der Waals surface area (Å²) in [6.45, 7) is 1.45. The van der Waals surface area contributed by atoms with Gasteiger partial charge in [-0.15, -0.1) is 0 Å². The van der Waals surface area contributed by atoms with E-state index in [1.165, 1.54) is 20.1 Å². The van der Waals surface area contributed by atoms with Gasteiger partial charge in [0, 0.05) is 48.6 Å². The van der Waals surface area contributed by atoms with Crippen molar-refractivity contribution in [2.75, 3.05) is 7.11 Å². The highest BCUT2D eigenvalue weighted by Crippen LogP contribution is 2.41. The fourth-order valence-corrected chi connectivity index (χ4v) is 5.26. The Balaban J connectivity index is 1.59. The minimum Gasteiger partial charge on any atom is -0.479 e. The first-order valence-corrected chi connectivity index (χ1v) is 12.8. The highest BCUT2D eigenvalue weighted by molar-refractivity contribution is 7.89. The summed E-state index contributed by atoms with van der Waals surface area (Å²) in [5.41, 5.74) is 2.58. The van der Waals surface area contributed by atoms with Crippen molar-refractivity contribution in [3.8, 4) is 28.5 Å². The number of pyridine rings is 1. The lowest BCUT2D eigenvalue weighted by atomic mass is 10.0. The Hall–Kier alpha value is -4.29. The van der Waals surface area contributed by atoms with Gasteiger partial charge in [0.2, 0.25) is 15.9 Å². The fraction of sp³-hybridized carbons (Fsp3) is 0.154. The first kappa shape index (κ1) is 25.4. The molecule has 38 heavy (non-hydrogen) atoms. The van der Waals surface area contributed by atoms with Crippen molar-refractivity contribution in [3.63, 3.8) is 0 Å². The van der Waals surface area contributed by atoms with Crippen LogP contribution in [0.1, 0.15) is 11.3 Å². The lowest BCUT2D eigenvalue weighted by Gasteiger charge is -2.14. The number of aryl methyl sites for hydroxylation is 2. The molecular formula is C26H22F2N4O5S. The Bertz CT molecular complexity index is 1770. The number of benzene rings is 2. The third-order valence-electron chi connectivity index (χ3n) is 5.96. The van der Waals surface area contributed by atoms with Gasteiger partial charge in [-0.25, -0.2) is 26.9 Å². The number of nitrogens with one attached hydrogen (secondary N) is 1. The van der Waals surface area contributed by atoms with Crippen molar-refractivity contribution in [2.24, 2.45) is 7.05 Å². The molecule has 3 heterocycles. The molecule has 0 saturated carbocycles. The number of hydrogen-bond donors (Lipinski definition) is 1. The van der Waals surface area contributed by atoms with E-state index in [-0.39, 0.29) is 28.7 Å². The molecule has 5 rings (SSSR count). The number of sulfonamides is 1. The van der Waals surface area contributed by atoms with Gasteiger partial charge in [0.1, 0.15) is 22.0 Å². The minimum atomic E-state index is -3.88. The molecule has 0 spiro atoms. The second kappa shape index (κ2) is 9.88. The summed E-state index contributed by atoms with van der Waals surface area (Å²) >= 11 is 0. The van der Waals surface area contributed by atoms with Crippen LogP contribution in [0.25, 0.3) is 22.0 Å². The average Bonchev–Trinajstić information content (AvgIpc) is 3.48. The van der Waals surface area contributed by atoms with E-state index in [4.69, 9.17) is 14.0 Å². The number of nitrogens with zero attached hydrogens (tertiary/aromatic N) is 3. The van der Waals surface area contributed by atoms with Crippen LogP contribution in [0.2, 0.25) is 0 Å². The fourth-order valence-electron chi connectivity index (χ4n) is 4.15. The maximum atomic E-state index is 14.4. The van der Waals surface area contributed by atoms with Crippen molar-refractivity contribution in [1.29, 1.82) is 0 Å². The Labute approximate surface area is 216 Å². The van der Waals surface area contributed by atoms with Crippen LogP contribution in [-0.4, -0.2) is 30.2 Å². The zero-order chi connectivity index (χ0) is 27.0. The Morgan fingerprint density at radius 3 is 2.58 bits per heavy atom. The summed E-state index contributed by atoms with van der Waals surface area (Å²) in [6.07, 6.45) is 4.57. The molecule has 0 unspecified atom stereocenters. The molecular weight excluding hydrogens is 518 g/mol. The molecule has 2 aromatic carbocycles. The Morgan fingerprint density at radius 1 is 1.08 bits per heavy atom. The quantitative estimate of drug-likeness (QED) is 0.292. The molecule has 196 valence electrons. The van der Waals surface area contributed by atoms with E-state index in [1.807, 2.05) is 17.8 Å². The maximum Gasteiger partial charge on any atom is 0.245 e. The van der Waals surface area contributed by atoms with Crippen LogP contribution in [0.5, 0.6) is 17.4 Å². The van der Waals surface area contributed by atoms with Crippen LogP contribution in [0.3, 0.4) is 0 Å². The van der Waals surface area contributed by atoms with Gasteiger partial charge in [0.25, 0.3) is 0 Å². The van der Waals surface area contributed by atoms with Gasteiger partial charge in [-0.05, 0) is 42.8 Å². The van der Waals surface area contributed by atoms with Gasteiger partial charge < -0.3 is 18.6 Å². The first-order chi connectivity index (χ1) is 18.2. The second-order valence-corrected chi connectivity index (χ2v) is 10.2. The summed E-state index contributed by atoms with van der Waals surface area (Å²) < 4.78 is 73.9. The predicted molar refractivity (Wildman–Crippen MR) is 134 cm³/mol. The third-order valence-corrected chi connectivity index (χ3v) is 7.46. The number of aromatic nitrogens is 3. The Kier molecular flexibility index (Phi) is 6.59. The van der Waals surface area contributed by atoms with E-state index in [2.05, 4.69) is 14.9 Å². The monoisotopic (exact) mass is 540 g/mol. The molecule has 12 heteroatoms. The number of fused-ring (bicyclic) bond motifs is 1. The van der Waals surface area contributed by atoms with Crippen LogP contribution in [-0.2, 0) is 23.6 Å². The minimum absolute atomic E-state index is 0.0548. The van der Waals surface area contributed by atoms with Gasteiger partial charge in [-0.2, -0.15) is 0 Å². The van der Waals surface area contributed by atoms with Crippen LogP contribution in [0.15, 0.2) is 70.5 Å². The zero-order valence-electron chi connectivity index (χ0n) is 20.5. The van der Waals surface area contributed by atoms with E-state index < -0.39 is 21.7 Å². The van der Waals surface area contributed by atoms with Crippen molar-refractivity contribution in [2.45, 2.75) is 18.4 Å². The van der Waals surface area contributed by atoms with Crippen molar-refractivity contribution >= 4 is 20.9 Å². The molecule has 0 radical (unpaired) electrons. The number of hydrogen-bond acceptors (Lipinski definition) is 7. The van der Waals surface area contributed by atoms with Crippen LogP contribution >= 0.6 is 0 Å². The van der Waals surface area contributed by atoms with E-state index in [1.54, 1.807) is 30.5 Å². The molecule has 5 aromatic rings. The van der Waals surface area contributed by atoms with Crippen LogP contribution < -0.4 is 14.2 Å². The lowest BCUT2D eigenvalue weighted by Crippen LogP contribution is -2.23. The van der Waals surface area contributed by atoms with Crippen molar-refractivity contribution < 1.29 is 31.2 Å². The molecule has 0 aliphatic heterocycles. The van der Waals surface area contributed by atoms with Gasteiger partial charge in [-0.1, -0.05) is 11.2 Å². The lowest BCUT2D eigenvalue weighted by molar-refractivity contribution is 0.394. The molecule has 3 aromatic heterocycles. The first-order valence-electron chi connectivity index (χ1n) is 11.3. The van der Waals surface area contributed by atoms with Gasteiger partial charge >= 0.3 is 0 Å². The second-order valence-electron chi connectivity index (χ2n) is 8.45. The summed E-state index contributed by atoms with van der Waals surface area (Å²) in [5, 5.41) is 4.30. The maximum absolute atomic E-state index is 14.4. The van der Waals surface area contributed by atoms with E-state index in [0.29, 0.717) is 22.6 Å². The van der Waals surface area contributed by atoms with Gasteiger partial charge in [0.05, 0.1) is 13.3 Å². The molecule has 0 saturated heterocycles. The number of rotatable bonds is 8. The molecule has 0 fully saturated rings. The molecule has 0 aliphatic carbocycles. The largest absolute Gasteiger partial charge is 0.479 e. The normalized spacial score (nSPS) is 11.7. The highest BCUT2D eigenvalue weighted by Gasteiger charge is 2.22. The molecule has 0 aliphatic rings. The number of methoxy groups -OCH3 is 1. The molecule has 0 bridgehead atoms. The molecule has 0 atom stereocenters. The van der Waals surface area contributed by atoms with E-state index >= 15 is 0 Å². The summed E-state index contributed by atoms with van der Waals surface area (Å²) in [6, 6.07) is 9.83. The summed E-state index contributed by atoms with van der Waals surface area (Å²) in [4.78, 5) is 4.20. The van der Waals surface area contributed by atoms with Crippen molar-refractivity contribution in [1.82, 2.24) is 19.4 Å². The smallest absolute Gasteiger partial charge is 0.245 e. The average molecular weight is 541 g/mol. The van der Waals surface area contributed by atoms with E-state index in [9.17, 15) is 17.2 Å². The number of ether oxygens (including phenoxy) is 2. The SMILES string of the molecule is COc1nccc2c(-c3cc(CNS(=O)(=O)c4cnoc4C)ccc3Oc3ccc(F)cc3F)cn(C)c12. The topological polar surface area (TPSA) is 108 Å². The zero-order valence-corrected chi connectivity index (χ0v) is 21.3. The van der Waals surface area contributed by atoms with Gasteiger partial charge in [0.15, 0.2) is 17.3 Å². The predicted octanol–water partition coefficient (Wildman–Crippen LogP) is 5.09. The van der Waals surface area contributed by atoms with Crippen molar-refractivity contribution in [3.05, 3.63) is 84.0 Å². The number of halogens is 2. The Morgan fingerprint density at radius 2 is 1.87 bits per heavy atom. The summed E-state index contributed by atoms with van der Waals surface area (Å²) in [5.74, 6) is -0.892. The van der Waals surface area contributed by atoms with E-state index in [0.717, 1.165) is 29.2 Å². The summed E-state index contributed by atoms with van der Waals surface area (Å²) in [7, 11) is -0.536. The van der Waals surface area contributed by atoms with Crippen LogP contribution in [0, 0.1) is 18.6 Å². The van der Waals surface area contributed by atoms with Crippen LogP contribution in [0.4, 0.5) is 8.78 Å². The third kappa shape index (κ3) is 4.71. The molecule has 1 N–H and O–H groups in total. The standard InChI is InChI=1S/C26H22F2N4O5S/c1-15-24(13-30-37-15)38(33,34)31-12-16-4-6-22(36-23-7-5-17(27)11-21(23)28)19(10-16)20-14-32(2)25-18(20)8-9-29-26(25)35-3/h4-11,13-14,31H,12H2,1-3H3. The van der Waals surface area contributed by atoms with Gasteiger partial charge in [-0.3, -0.25) is 0 Å². The molecule has 0 amide bonds. The molecule has 9 nitrogen and oxygen atoms in total. The highest BCUT2D eigenvalue weighted by atomic mass is 32.2.